The molecule has 0 aliphatic heterocycles. The van der Waals surface area contributed by atoms with Gasteiger partial charge in [-0.05, 0) is 5.92 Å². The van der Waals surface area contributed by atoms with Crippen LogP contribution >= 0.6 is 0 Å². The zero-order chi connectivity index (χ0) is 12.8. The molecular formula is C11H16N2O4. The molecule has 0 aliphatic rings. The van der Waals surface area contributed by atoms with Gasteiger partial charge in [-0.1, -0.05) is 20.3 Å². The molecule has 0 radical (unpaired) electrons. The average Bonchev–Trinajstić information content (AvgIpc) is 2.77. The lowest BCUT2D eigenvalue weighted by atomic mass is 9.99. The molecule has 1 amide bonds. The second-order valence-electron chi connectivity index (χ2n) is 3.93. The molecule has 0 fully saturated rings. The van der Waals surface area contributed by atoms with E-state index in [2.05, 4.69) is 10.3 Å². The van der Waals surface area contributed by atoms with Crippen molar-refractivity contribution in [2.45, 2.75) is 32.7 Å². The smallest absolute Gasteiger partial charge is 0.326 e. The zero-order valence-electron chi connectivity index (χ0n) is 9.84. The zero-order valence-corrected chi connectivity index (χ0v) is 9.84. The van der Waals surface area contributed by atoms with Crippen LogP contribution in [0, 0.1) is 5.92 Å². The molecule has 0 unspecified atom stereocenters. The number of carbonyl (C=O) groups excluding carboxylic acids is 1. The average molecular weight is 240 g/mol. The number of rotatable bonds is 6. The maximum Gasteiger partial charge on any atom is 0.326 e. The van der Waals surface area contributed by atoms with E-state index in [1.54, 1.807) is 6.92 Å². The Morgan fingerprint density at radius 2 is 2.29 bits per heavy atom. The summed E-state index contributed by atoms with van der Waals surface area (Å²) in [6.07, 6.45) is 3.29. The molecule has 94 valence electrons. The lowest BCUT2D eigenvalue weighted by Gasteiger charge is -2.19. The van der Waals surface area contributed by atoms with Gasteiger partial charge in [0.2, 0.25) is 5.91 Å². The lowest BCUT2D eigenvalue weighted by molar-refractivity contribution is -0.143. The van der Waals surface area contributed by atoms with E-state index in [9.17, 15) is 9.59 Å². The second-order valence-corrected chi connectivity index (χ2v) is 3.93. The van der Waals surface area contributed by atoms with Crippen LogP contribution in [0.25, 0.3) is 0 Å². The van der Waals surface area contributed by atoms with E-state index in [-0.39, 0.29) is 18.2 Å². The van der Waals surface area contributed by atoms with Gasteiger partial charge < -0.3 is 14.8 Å². The third-order valence-electron chi connectivity index (χ3n) is 2.62. The summed E-state index contributed by atoms with van der Waals surface area (Å²) in [7, 11) is 0. The summed E-state index contributed by atoms with van der Waals surface area (Å²) < 4.78 is 4.73. The number of carboxylic acid groups (broad SMARTS) is 1. The van der Waals surface area contributed by atoms with Gasteiger partial charge in [0.05, 0.1) is 12.1 Å². The number of carbonyl (C=O) groups is 2. The highest BCUT2D eigenvalue weighted by molar-refractivity contribution is 5.84. The molecule has 17 heavy (non-hydrogen) atoms. The summed E-state index contributed by atoms with van der Waals surface area (Å²) in [5.74, 6) is -1.51. The summed E-state index contributed by atoms with van der Waals surface area (Å²) in [6, 6.07) is -0.862. The summed E-state index contributed by atoms with van der Waals surface area (Å²) in [6.45, 7) is 3.67. The number of nitrogens with zero attached hydrogens (tertiary/aromatic N) is 1. The summed E-state index contributed by atoms with van der Waals surface area (Å²) in [5, 5.41) is 11.5. The minimum absolute atomic E-state index is 0.0245. The molecule has 2 N–H and O–H groups in total. The fraction of sp³-hybridized carbons (Fsp3) is 0.545. The largest absolute Gasteiger partial charge is 0.480 e. The van der Waals surface area contributed by atoms with Gasteiger partial charge in [0, 0.05) is 0 Å². The molecule has 1 aromatic rings. The van der Waals surface area contributed by atoms with Crippen molar-refractivity contribution in [1.82, 2.24) is 10.3 Å². The molecule has 0 saturated carbocycles. The van der Waals surface area contributed by atoms with Crippen LogP contribution < -0.4 is 5.32 Å². The van der Waals surface area contributed by atoms with Crippen LogP contribution in [0.5, 0.6) is 0 Å². The van der Waals surface area contributed by atoms with Crippen LogP contribution in [0.3, 0.4) is 0 Å². The maximum absolute atomic E-state index is 11.6. The molecule has 1 rings (SSSR count). The monoisotopic (exact) mass is 240 g/mol. The minimum atomic E-state index is -1.02. The first-order valence-corrected chi connectivity index (χ1v) is 5.43. The molecule has 6 heteroatoms. The predicted molar refractivity (Wildman–Crippen MR) is 59.2 cm³/mol. The van der Waals surface area contributed by atoms with Crippen LogP contribution in [-0.4, -0.2) is 28.0 Å². The molecule has 0 saturated heterocycles. The van der Waals surface area contributed by atoms with E-state index in [1.807, 2.05) is 6.92 Å². The third kappa shape index (κ3) is 3.90. The van der Waals surface area contributed by atoms with Crippen LogP contribution in [0.15, 0.2) is 17.1 Å². The van der Waals surface area contributed by atoms with Gasteiger partial charge in [-0.3, -0.25) is 4.79 Å². The summed E-state index contributed by atoms with van der Waals surface area (Å²) >= 11 is 0. The molecule has 0 bridgehead atoms. The Labute approximate surface area is 99.0 Å². The highest BCUT2D eigenvalue weighted by atomic mass is 16.4. The number of hydrogen-bond donors (Lipinski definition) is 2. The number of nitrogens with one attached hydrogen (secondary N) is 1. The first-order chi connectivity index (χ1) is 8.04. The molecule has 6 nitrogen and oxygen atoms in total. The SMILES string of the molecule is CC[C@H](C)[C@H](NC(=O)Cc1cocn1)C(=O)O. The van der Waals surface area contributed by atoms with E-state index in [1.165, 1.54) is 12.7 Å². The van der Waals surface area contributed by atoms with Gasteiger partial charge in [-0.25, -0.2) is 9.78 Å². The molecule has 2 atom stereocenters. The third-order valence-corrected chi connectivity index (χ3v) is 2.62. The normalized spacial score (nSPS) is 14.0. The van der Waals surface area contributed by atoms with Crippen molar-refractivity contribution >= 4 is 11.9 Å². The highest BCUT2D eigenvalue weighted by Gasteiger charge is 2.25. The highest BCUT2D eigenvalue weighted by Crippen LogP contribution is 2.08. The van der Waals surface area contributed by atoms with E-state index in [0.29, 0.717) is 12.1 Å². The Bertz CT molecular complexity index is 375. The topological polar surface area (TPSA) is 92.4 Å². The molecule has 0 aromatic carbocycles. The van der Waals surface area contributed by atoms with Crippen molar-refractivity contribution in [2.24, 2.45) is 5.92 Å². The van der Waals surface area contributed by atoms with Gasteiger partial charge in [0.15, 0.2) is 6.39 Å². The van der Waals surface area contributed by atoms with Gasteiger partial charge in [-0.2, -0.15) is 0 Å². The lowest BCUT2D eigenvalue weighted by Crippen LogP contribution is -2.45. The molecule has 0 spiro atoms. The number of aromatic nitrogens is 1. The Balaban J connectivity index is 2.55. The van der Waals surface area contributed by atoms with Gasteiger partial charge in [-0.15, -0.1) is 0 Å². The first-order valence-electron chi connectivity index (χ1n) is 5.43. The summed E-state index contributed by atoms with van der Waals surface area (Å²) in [4.78, 5) is 26.4. The van der Waals surface area contributed by atoms with E-state index in [4.69, 9.17) is 9.52 Å². The fourth-order valence-electron chi connectivity index (χ4n) is 1.40. The Hall–Kier alpha value is -1.85. The number of amides is 1. The van der Waals surface area contributed by atoms with E-state index >= 15 is 0 Å². The van der Waals surface area contributed by atoms with Crippen molar-refractivity contribution in [3.05, 3.63) is 18.4 Å². The maximum atomic E-state index is 11.6. The quantitative estimate of drug-likeness (QED) is 0.768. The number of aliphatic carboxylic acids is 1. The fourth-order valence-corrected chi connectivity index (χ4v) is 1.40. The summed E-state index contributed by atoms with van der Waals surface area (Å²) in [5.41, 5.74) is 0.482. The molecular weight excluding hydrogens is 224 g/mol. The van der Waals surface area contributed by atoms with Gasteiger partial charge in [0.25, 0.3) is 0 Å². The van der Waals surface area contributed by atoms with Crippen LogP contribution in [0.2, 0.25) is 0 Å². The Morgan fingerprint density at radius 3 is 2.76 bits per heavy atom. The Morgan fingerprint density at radius 1 is 1.59 bits per heavy atom. The number of oxazole rings is 1. The van der Waals surface area contributed by atoms with Crippen molar-refractivity contribution in [3.63, 3.8) is 0 Å². The van der Waals surface area contributed by atoms with Crippen LogP contribution in [-0.2, 0) is 16.0 Å². The first kappa shape index (κ1) is 13.2. The van der Waals surface area contributed by atoms with E-state index < -0.39 is 12.0 Å². The Kier molecular flexibility index (Phi) is 4.68. The number of hydrogen-bond acceptors (Lipinski definition) is 4. The second kappa shape index (κ2) is 6.03. The van der Waals surface area contributed by atoms with E-state index in [0.717, 1.165) is 0 Å². The van der Waals surface area contributed by atoms with Crippen LogP contribution in [0.1, 0.15) is 26.0 Å². The van der Waals surface area contributed by atoms with Crippen molar-refractivity contribution in [1.29, 1.82) is 0 Å². The van der Waals surface area contributed by atoms with Crippen molar-refractivity contribution in [2.75, 3.05) is 0 Å². The van der Waals surface area contributed by atoms with Crippen molar-refractivity contribution < 1.29 is 19.1 Å². The standard InChI is InChI=1S/C11H16N2O4/c1-3-7(2)10(11(15)16)13-9(14)4-8-5-17-6-12-8/h5-7,10H,3-4H2,1-2H3,(H,13,14)(H,15,16)/t7-,10-/m0/s1. The van der Waals surface area contributed by atoms with Gasteiger partial charge in [0.1, 0.15) is 12.3 Å². The van der Waals surface area contributed by atoms with Crippen LogP contribution in [0.4, 0.5) is 0 Å². The van der Waals surface area contributed by atoms with Crippen molar-refractivity contribution in [3.8, 4) is 0 Å². The van der Waals surface area contributed by atoms with Gasteiger partial charge >= 0.3 is 5.97 Å². The minimum Gasteiger partial charge on any atom is -0.480 e. The molecule has 1 aromatic heterocycles. The molecule has 1 heterocycles. The molecule has 0 aliphatic carbocycles. The number of carboxylic acids is 1. The predicted octanol–water partition coefficient (Wildman–Crippen LogP) is 0.833.